The maximum atomic E-state index is 5.61. The average Bonchev–Trinajstić information content (AvgIpc) is 2.31. The molecule has 0 aliphatic rings. The van der Waals surface area contributed by atoms with Crippen LogP contribution in [0.2, 0.25) is 0 Å². The fourth-order valence-corrected chi connectivity index (χ4v) is 0.972. The van der Waals surface area contributed by atoms with Gasteiger partial charge in [-0.1, -0.05) is 0 Å². The van der Waals surface area contributed by atoms with E-state index in [4.69, 9.17) is 5.73 Å². The summed E-state index contributed by atoms with van der Waals surface area (Å²) in [5, 5.41) is 4.24. The number of nitrogens with two attached hydrogens (primary N) is 1. The fraction of sp³-hybridized carbons (Fsp3) is 0.625. The molecule has 0 amide bonds. The van der Waals surface area contributed by atoms with Crippen LogP contribution in [0.3, 0.4) is 0 Å². The van der Waals surface area contributed by atoms with Crippen LogP contribution in [0.15, 0.2) is 12.3 Å². The van der Waals surface area contributed by atoms with Gasteiger partial charge >= 0.3 is 0 Å². The van der Waals surface area contributed by atoms with E-state index in [-0.39, 0.29) is 6.04 Å². The first-order chi connectivity index (χ1) is 5.18. The van der Waals surface area contributed by atoms with E-state index >= 15 is 0 Å². The van der Waals surface area contributed by atoms with Gasteiger partial charge in [-0.25, -0.2) is 0 Å². The van der Waals surface area contributed by atoms with Crippen LogP contribution < -0.4 is 5.73 Å². The highest BCUT2D eigenvalue weighted by Gasteiger charge is 1.98. The molecule has 0 spiro atoms. The minimum atomic E-state index is 0.275. The van der Waals surface area contributed by atoms with Gasteiger partial charge in [0.25, 0.3) is 0 Å². The summed E-state index contributed by atoms with van der Waals surface area (Å²) in [5.41, 5.74) is 6.74. The first kappa shape index (κ1) is 8.27. The first-order valence-corrected chi connectivity index (χ1v) is 3.92. The van der Waals surface area contributed by atoms with Crippen molar-refractivity contribution >= 4 is 0 Å². The highest BCUT2D eigenvalue weighted by molar-refractivity contribution is 4.98. The molecule has 1 rings (SSSR count). The van der Waals surface area contributed by atoms with Crippen LogP contribution in [0.5, 0.6) is 0 Å². The number of hydrogen-bond donors (Lipinski definition) is 1. The summed E-state index contributed by atoms with van der Waals surface area (Å²) in [6, 6.07) is 2.31. The lowest BCUT2D eigenvalue weighted by Gasteiger charge is -2.00. The predicted octanol–water partition coefficient (Wildman–Crippen LogP) is 0.700. The zero-order chi connectivity index (χ0) is 8.27. The van der Waals surface area contributed by atoms with Crippen LogP contribution in [-0.2, 0) is 13.5 Å². The second kappa shape index (κ2) is 3.53. The average molecular weight is 153 g/mol. The molecular weight excluding hydrogens is 138 g/mol. The van der Waals surface area contributed by atoms with Gasteiger partial charge in [0.05, 0.1) is 5.69 Å². The molecule has 1 aromatic heterocycles. The largest absolute Gasteiger partial charge is 0.328 e. The molecule has 0 aromatic carbocycles. The summed E-state index contributed by atoms with van der Waals surface area (Å²) in [5.74, 6) is 0. The van der Waals surface area contributed by atoms with E-state index in [1.165, 1.54) is 0 Å². The number of rotatable bonds is 3. The monoisotopic (exact) mass is 153 g/mol. The molecule has 0 bridgehead atoms. The van der Waals surface area contributed by atoms with Crippen molar-refractivity contribution < 1.29 is 0 Å². The number of aromatic nitrogens is 2. The molecule has 11 heavy (non-hydrogen) atoms. The van der Waals surface area contributed by atoms with E-state index in [9.17, 15) is 0 Å². The molecule has 1 aromatic rings. The zero-order valence-electron chi connectivity index (χ0n) is 7.12. The minimum Gasteiger partial charge on any atom is -0.328 e. The maximum Gasteiger partial charge on any atom is 0.0625 e. The van der Waals surface area contributed by atoms with Gasteiger partial charge in [0.1, 0.15) is 0 Å². The Morgan fingerprint density at radius 3 is 2.91 bits per heavy atom. The quantitative estimate of drug-likeness (QED) is 0.694. The van der Waals surface area contributed by atoms with Crippen molar-refractivity contribution in [1.29, 1.82) is 0 Å². The number of aryl methyl sites for hydroxylation is 2. The Kier molecular flexibility index (Phi) is 2.65. The van der Waals surface area contributed by atoms with Crippen molar-refractivity contribution in [1.82, 2.24) is 9.78 Å². The molecule has 2 N–H and O–H groups in total. The van der Waals surface area contributed by atoms with Gasteiger partial charge in [-0.15, -0.1) is 0 Å². The smallest absolute Gasteiger partial charge is 0.0625 e. The highest BCUT2D eigenvalue weighted by Crippen LogP contribution is 2.00. The first-order valence-electron chi connectivity index (χ1n) is 3.92. The topological polar surface area (TPSA) is 43.8 Å². The summed E-state index contributed by atoms with van der Waals surface area (Å²) in [7, 11) is 1.93. The van der Waals surface area contributed by atoms with Crippen LogP contribution in [0, 0.1) is 0 Å². The Hall–Kier alpha value is -0.830. The summed E-state index contributed by atoms with van der Waals surface area (Å²) < 4.78 is 1.82. The lowest BCUT2D eigenvalue weighted by molar-refractivity contribution is 0.645. The van der Waals surface area contributed by atoms with Crippen LogP contribution >= 0.6 is 0 Å². The second-order valence-corrected chi connectivity index (χ2v) is 3.00. The van der Waals surface area contributed by atoms with Gasteiger partial charge in [-0.2, -0.15) is 5.10 Å². The third-order valence-corrected chi connectivity index (χ3v) is 1.62. The van der Waals surface area contributed by atoms with E-state index in [1.807, 2.05) is 30.9 Å². The van der Waals surface area contributed by atoms with E-state index in [1.54, 1.807) is 0 Å². The summed E-state index contributed by atoms with van der Waals surface area (Å²) in [6.07, 6.45) is 3.95. The standard InChI is InChI=1S/C8H15N3/c1-7(9)3-4-8-5-6-11(2)10-8/h5-7H,3-4,9H2,1-2H3/t7-/m0/s1. The third-order valence-electron chi connectivity index (χ3n) is 1.62. The molecule has 3 nitrogen and oxygen atoms in total. The lowest BCUT2D eigenvalue weighted by Crippen LogP contribution is -2.15. The molecule has 0 fully saturated rings. The Bertz CT molecular complexity index is 215. The molecule has 0 unspecified atom stereocenters. The van der Waals surface area contributed by atoms with Gasteiger partial charge in [-0.05, 0) is 25.8 Å². The maximum absolute atomic E-state index is 5.61. The Morgan fingerprint density at radius 1 is 1.73 bits per heavy atom. The molecule has 1 heterocycles. The zero-order valence-corrected chi connectivity index (χ0v) is 7.12. The molecule has 0 saturated carbocycles. The van der Waals surface area contributed by atoms with Crippen LogP contribution in [-0.4, -0.2) is 15.8 Å². The molecule has 1 atom stereocenters. The summed E-state index contributed by atoms with van der Waals surface area (Å²) >= 11 is 0. The Balaban J connectivity index is 2.39. The third kappa shape index (κ3) is 2.72. The molecule has 62 valence electrons. The molecule has 0 aliphatic heterocycles. The van der Waals surface area contributed by atoms with Crippen molar-refractivity contribution in [3.8, 4) is 0 Å². The fourth-order valence-electron chi connectivity index (χ4n) is 0.972. The van der Waals surface area contributed by atoms with Gasteiger partial charge in [0.2, 0.25) is 0 Å². The molecular formula is C8H15N3. The van der Waals surface area contributed by atoms with E-state index in [0.717, 1.165) is 18.5 Å². The molecule has 0 saturated heterocycles. The second-order valence-electron chi connectivity index (χ2n) is 3.00. The van der Waals surface area contributed by atoms with Gasteiger partial charge in [0.15, 0.2) is 0 Å². The summed E-state index contributed by atoms with van der Waals surface area (Å²) in [4.78, 5) is 0. The predicted molar refractivity (Wildman–Crippen MR) is 45.2 cm³/mol. The van der Waals surface area contributed by atoms with Crippen molar-refractivity contribution in [2.24, 2.45) is 12.8 Å². The van der Waals surface area contributed by atoms with Crippen LogP contribution in [0.4, 0.5) is 0 Å². The molecule has 0 radical (unpaired) electrons. The van der Waals surface area contributed by atoms with Crippen molar-refractivity contribution in [3.63, 3.8) is 0 Å². The Morgan fingerprint density at radius 2 is 2.45 bits per heavy atom. The minimum absolute atomic E-state index is 0.275. The lowest BCUT2D eigenvalue weighted by atomic mass is 10.1. The Labute approximate surface area is 67.2 Å². The number of nitrogens with zero attached hydrogens (tertiary/aromatic N) is 2. The van der Waals surface area contributed by atoms with Crippen LogP contribution in [0.25, 0.3) is 0 Å². The highest BCUT2D eigenvalue weighted by atomic mass is 15.2. The van der Waals surface area contributed by atoms with Crippen LogP contribution in [0.1, 0.15) is 19.0 Å². The van der Waals surface area contributed by atoms with Gasteiger partial charge in [0, 0.05) is 19.3 Å². The summed E-state index contributed by atoms with van der Waals surface area (Å²) in [6.45, 7) is 2.02. The van der Waals surface area contributed by atoms with Crippen molar-refractivity contribution in [2.75, 3.05) is 0 Å². The normalized spacial score (nSPS) is 13.4. The van der Waals surface area contributed by atoms with Crippen molar-refractivity contribution in [2.45, 2.75) is 25.8 Å². The molecule has 3 heteroatoms. The van der Waals surface area contributed by atoms with E-state index < -0.39 is 0 Å². The SMILES string of the molecule is C[C@H](N)CCc1ccn(C)n1. The van der Waals surface area contributed by atoms with Gasteiger partial charge < -0.3 is 5.73 Å². The van der Waals surface area contributed by atoms with E-state index in [0.29, 0.717) is 0 Å². The number of hydrogen-bond acceptors (Lipinski definition) is 2. The van der Waals surface area contributed by atoms with Gasteiger partial charge in [-0.3, -0.25) is 4.68 Å². The van der Waals surface area contributed by atoms with Crippen molar-refractivity contribution in [3.05, 3.63) is 18.0 Å². The van der Waals surface area contributed by atoms with E-state index in [2.05, 4.69) is 5.10 Å². The molecule has 0 aliphatic carbocycles.